The average Bonchev–Trinajstić information content (AvgIpc) is 2.79. The summed E-state index contributed by atoms with van der Waals surface area (Å²) in [6.45, 7) is 6.32. The molecule has 110 valence electrons. The minimum absolute atomic E-state index is 0.317. The number of anilines is 1. The fourth-order valence-electron chi connectivity index (χ4n) is 1.86. The summed E-state index contributed by atoms with van der Waals surface area (Å²) >= 11 is 0. The SMILES string of the molecule is CC(C)N(C)CCCCNc1ccc2n[nH]c(=O)n2n1. The molecule has 20 heavy (non-hydrogen) atoms. The second kappa shape index (κ2) is 6.51. The molecule has 0 radical (unpaired) electrons. The van der Waals surface area contributed by atoms with Crippen molar-refractivity contribution in [2.75, 3.05) is 25.5 Å². The van der Waals surface area contributed by atoms with Crippen LogP contribution in [0.4, 0.5) is 5.82 Å². The van der Waals surface area contributed by atoms with Gasteiger partial charge in [0.1, 0.15) is 5.82 Å². The molecule has 0 aromatic carbocycles. The van der Waals surface area contributed by atoms with Crippen molar-refractivity contribution in [1.29, 1.82) is 0 Å². The van der Waals surface area contributed by atoms with E-state index < -0.39 is 0 Å². The molecule has 0 spiro atoms. The molecule has 0 saturated carbocycles. The van der Waals surface area contributed by atoms with E-state index in [1.54, 1.807) is 6.07 Å². The lowest BCUT2D eigenvalue weighted by Gasteiger charge is -2.20. The first-order chi connectivity index (χ1) is 9.58. The van der Waals surface area contributed by atoms with E-state index in [0.717, 1.165) is 25.9 Å². The predicted octanol–water partition coefficient (Wildman–Crippen LogP) is 0.950. The summed E-state index contributed by atoms with van der Waals surface area (Å²) in [6, 6.07) is 4.18. The van der Waals surface area contributed by atoms with Gasteiger partial charge in [-0.25, -0.2) is 9.89 Å². The molecule has 0 aliphatic heterocycles. The predicted molar refractivity (Wildman–Crippen MR) is 79.1 cm³/mol. The van der Waals surface area contributed by atoms with E-state index in [9.17, 15) is 4.79 Å². The largest absolute Gasteiger partial charge is 0.369 e. The van der Waals surface area contributed by atoms with E-state index in [4.69, 9.17) is 0 Å². The Balaban J connectivity index is 1.78. The number of hydrogen-bond donors (Lipinski definition) is 2. The number of hydrogen-bond acceptors (Lipinski definition) is 5. The van der Waals surface area contributed by atoms with Crippen LogP contribution in [0.2, 0.25) is 0 Å². The summed E-state index contributed by atoms with van der Waals surface area (Å²) in [5, 5.41) is 13.6. The normalized spacial score (nSPS) is 11.7. The Bertz CT molecular complexity index is 602. The maximum absolute atomic E-state index is 11.4. The molecule has 0 bridgehead atoms. The highest BCUT2D eigenvalue weighted by molar-refractivity contribution is 5.42. The lowest BCUT2D eigenvalue weighted by Crippen LogP contribution is -2.27. The molecule has 0 atom stereocenters. The molecule has 2 rings (SSSR count). The molecule has 7 nitrogen and oxygen atoms in total. The highest BCUT2D eigenvalue weighted by Gasteiger charge is 2.03. The summed E-state index contributed by atoms with van der Waals surface area (Å²) in [4.78, 5) is 13.7. The van der Waals surface area contributed by atoms with E-state index in [1.807, 2.05) is 6.07 Å². The smallest absolute Gasteiger partial charge is 0.364 e. The Morgan fingerprint density at radius 1 is 1.40 bits per heavy atom. The first-order valence-corrected chi connectivity index (χ1v) is 6.96. The van der Waals surface area contributed by atoms with Gasteiger partial charge < -0.3 is 10.2 Å². The highest BCUT2D eigenvalue weighted by Crippen LogP contribution is 2.04. The van der Waals surface area contributed by atoms with Crippen LogP contribution in [-0.4, -0.2) is 50.9 Å². The zero-order valence-electron chi connectivity index (χ0n) is 12.3. The van der Waals surface area contributed by atoms with E-state index >= 15 is 0 Å². The Labute approximate surface area is 118 Å². The van der Waals surface area contributed by atoms with Crippen molar-refractivity contribution in [3.05, 3.63) is 22.6 Å². The molecular weight excluding hydrogens is 256 g/mol. The van der Waals surface area contributed by atoms with Crippen LogP contribution >= 0.6 is 0 Å². The summed E-state index contributed by atoms with van der Waals surface area (Å²) in [5.41, 5.74) is 0.210. The lowest BCUT2D eigenvalue weighted by atomic mass is 10.2. The molecule has 2 aromatic rings. The minimum atomic E-state index is -0.317. The van der Waals surface area contributed by atoms with Gasteiger partial charge in [-0.1, -0.05) is 0 Å². The number of aromatic nitrogens is 4. The van der Waals surface area contributed by atoms with Crippen molar-refractivity contribution in [1.82, 2.24) is 24.7 Å². The monoisotopic (exact) mass is 278 g/mol. The third-order valence-corrected chi connectivity index (χ3v) is 3.40. The van der Waals surface area contributed by atoms with E-state index in [1.165, 1.54) is 4.52 Å². The zero-order valence-corrected chi connectivity index (χ0v) is 12.3. The maximum Gasteiger partial charge on any atom is 0.364 e. The van der Waals surface area contributed by atoms with Gasteiger partial charge in [-0.3, -0.25) is 0 Å². The molecule has 0 aliphatic rings. The Kier molecular flexibility index (Phi) is 4.73. The Hall–Kier alpha value is -1.89. The van der Waals surface area contributed by atoms with Crippen molar-refractivity contribution in [2.24, 2.45) is 0 Å². The van der Waals surface area contributed by atoms with Gasteiger partial charge in [0, 0.05) is 12.6 Å². The van der Waals surface area contributed by atoms with Gasteiger partial charge in [-0.2, -0.15) is 9.61 Å². The van der Waals surface area contributed by atoms with E-state index in [2.05, 4.69) is 46.4 Å². The first-order valence-electron chi connectivity index (χ1n) is 6.96. The number of aromatic amines is 1. The highest BCUT2D eigenvalue weighted by atomic mass is 16.2. The van der Waals surface area contributed by atoms with Crippen LogP contribution in [0.1, 0.15) is 26.7 Å². The third-order valence-electron chi connectivity index (χ3n) is 3.40. The van der Waals surface area contributed by atoms with E-state index in [-0.39, 0.29) is 5.69 Å². The topological polar surface area (TPSA) is 78.3 Å². The van der Waals surface area contributed by atoms with Crippen LogP contribution in [0.25, 0.3) is 5.65 Å². The van der Waals surface area contributed by atoms with Gasteiger partial charge in [0.05, 0.1) is 0 Å². The molecular formula is C13H22N6O. The number of nitrogens with zero attached hydrogens (tertiary/aromatic N) is 4. The van der Waals surface area contributed by atoms with Crippen molar-refractivity contribution >= 4 is 11.5 Å². The van der Waals surface area contributed by atoms with Crippen LogP contribution < -0.4 is 11.0 Å². The number of rotatable bonds is 7. The summed E-state index contributed by atoms with van der Waals surface area (Å²) in [5.74, 6) is 0.693. The number of unbranched alkanes of at least 4 members (excludes halogenated alkanes) is 1. The zero-order chi connectivity index (χ0) is 14.5. The van der Waals surface area contributed by atoms with E-state index in [0.29, 0.717) is 17.5 Å². The van der Waals surface area contributed by atoms with Gasteiger partial charge in [-0.05, 0) is 52.4 Å². The third kappa shape index (κ3) is 3.57. The second-order valence-electron chi connectivity index (χ2n) is 5.23. The second-order valence-corrected chi connectivity index (χ2v) is 5.23. The molecule has 0 saturated heterocycles. The van der Waals surface area contributed by atoms with Crippen LogP contribution in [0.5, 0.6) is 0 Å². The van der Waals surface area contributed by atoms with Crippen LogP contribution in [-0.2, 0) is 0 Å². The van der Waals surface area contributed by atoms with Crippen molar-refractivity contribution in [2.45, 2.75) is 32.7 Å². The van der Waals surface area contributed by atoms with Crippen molar-refractivity contribution in [3.8, 4) is 0 Å². The lowest BCUT2D eigenvalue weighted by molar-refractivity contribution is 0.269. The van der Waals surface area contributed by atoms with Crippen LogP contribution in [0.15, 0.2) is 16.9 Å². The van der Waals surface area contributed by atoms with Crippen molar-refractivity contribution < 1.29 is 0 Å². The number of H-pyrrole nitrogens is 1. The van der Waals surface area contributed by atoms with Crippen molar-refractivity contribution in [3.63, 3.8) is 0 Å². The maximum atomic E-state index is 11.4. The molecule has 0 aliphatic carbocycles. The van der Waals surface area contributed by atoms with Crippen LogP contribution in [0.3, 0.4) is 0 Å². The summed E-state index contributed by atoms with van der Waals surface area (Å²) in [7, 11) is 2.14. The molecule has 2 N–H and O–H groups in total. The van der Waals surface area contributed by atoms with Crippen LogP contribution in [0, 0.1) is 0 Å². The fourth-order valence-corrected chi connectivity index (χ4v) is 1.86. The molecule has 2 heterocycles. The minimum Gasteiger partial charge on any atom is -0.369 e. The molecule has 0 amide bonds. The van der Waals surface area contributed by atoms with Gasteiger partial charge in [0.15, 0.2) is 5.65 Å². The molecule has 7 heteroatoms. The molecule has 0 fully saturated rings. The average molecular weight is 278 g/mol. The van der Waals surface area contributed by atoms with Gasteiger partial charge >= 0.3 is 5.69 Å². The number of nitrogens with one attached hydrogen (secondary N) is 2. The Morgan fingerprint density at radius 3 is 2.95 bits per heavy atom. The van der Waals surface area contributed by atoms with Gasteiger partial charge in [-0.15, -0.1) is 5.10 Å². The van der Waals surface area contributed by atoms with Gasteiger partial charge in [0.25, 0.3) is 0 Å². The Morgan fingerprint density at radius 2 is 2.20 bits per heavy atom. The summed E-state index contributed by atoms with van der Waals surface area (Å²) < 4.78 is 1.26. The molecule has 2 aromatic heterocycles. The van der Waals surface area contributed by atoms with Gasteiger partial charge in [0.2, 0.25) is 0 Å². The molecule has 0 unspecified atom stereocenters. The number of fused-ring (bicyclic) bond motifs is 1. The fraction of sp³-hybridized carbons (Fsp3) is 0.615. The quantitative estimate of drug-likeness (QED) is 0.737. The first kappa shape index (κ1) is 14.5. The summed E-state index contributed by atoms with van der Waals surface area (Å²) in [6.07, 6.45) is 2.20. The standard InChI is InChI=1S/C13H22N6O/c1-10(2)18(3)9-5-4-8-14-11-6-7-12-15-16-13(20)19(12)17-11/h6-7,10H,4-5,8-9H2,1-3H3,(H,14,17)(H,16,20).